The Kier molecular flexibility index (Phi) is 5.68. The van der Waals surface area contributed by atoms with Gasteiger partial charge in [0.25, 0.3) is 9.05 Å². The van der Waals surface area contributed by atoms with Crippen molar-refractivity contribution in [2.24, 2.45) is 11.8 Å². The Balaban J connectivity index is 1.80. The van der Waals surface area contributed by atoms with E-state index in [-0.39, 0.29) is 16.5 Å². The summed E-state index contributed by atoms with van der Waals surface area (Å²) in [4.78, 5) is 12.6. The summed E-state index contributed by atoms with van der Waals surface area (Å²) >= 11 is 1.05. The average Bonchev–Trinajstić information content (AvgIpc) is 2.85. The van der Waals surface area contributed by atoms with Crippen LogP contribution in [0.2, 0.25) is 0 Å². The number of hydrogen-bond donors (Lipinski definition) is 1. The van der Waals surface area contributed by atoms with Crippen LogP contribution in [0, 0.1) is 11.8 Å². The van der Waals surface area contributed by atoms with Gasteiger partial charge in [0, 0.05) is 22.1 Å². The quantitative estimate of drug-likeness (QED) is 0.830. The highest BCUT2D eigenvalue weighted by Gasteiger charge is 2.20. The van der Waals surface area contributed by atoms with Gasteiger partial charge in [-0.2, -0.15) is 0 Å². The van der Waals surface area contributed by atoms with Crippen molar-refractivity contribution >= 4 is 37.0 Å². The number of nitrogens with one attached hydrogen (secondary N) is 1. The summed E-state index contributed by atoms with van der Waals surface area (Å²) in [5.74, 6) is 1.25. The summed E-state index contributed by atoms with van der Waals surface area (Å²) in [6.07, 6.45) is 5.09. The summed E-state index contributed by atoms with van der Waals surface area (Å²) in [6.45, 7) is 2.98. The molecule has 1 aromatic rings. The number of hydrogen-bond acceptors (Lipinski definition) is 4. The molecule has 1 aromatic heterocycles. The molecule has 2 rings (SSSR count). The lowest BCUT2D eigenvalue weighted by molar-refractivity contribution is -0.120. The van der Waals surface area contributed by atoms with Crippen LogP contribution in [-0.4, -0.2) is 20.9 Å². The summed E-state index contributed by atoms with van der Waals surface area (Å²) < 4.78 is 22.4. The number of halogens is 1. The van der Waals surface area contributed by atoms with Gasteiger partial charge in [0.05, 0.1) is 6.42 Å². The number of carbonyl (C=O) groups is 1. The summed E-state index contributed by atoms with van der Waals surface area (Å²) in [5.41, 5.74) is 0. The van der Waals surface area contributed by atoms with Crippen molar-refractivity contribution in [2.75, 3.05) is 6.54 Å². The molecule has 1 aliphatic carbocycles. The fourth-order valence-corrected chi connectivity index (χ4v) is 4.93. The van der Waals surface area contributed by atoms with E-state index in [9.17, 15) is 13.2 Å². The molecule has 4 nitrogen and oxygen atoms in total. The van der Waals surface area contributed by atoms with Gasteiger partial charge in [0.15, 0.2) is 0 Å². The normalized spacial score (nSPS) is 23.0. The van der Waals surface area contributed by atoms with Crippen molar-refractivity contribution in [1.29, 1.82) is 0 Å². The van der Waals surface area contributed by atoms with Crippen LogP contribution in [0.5, 0.6) is 0 Å². The van der Waals surface area contributed by atoms with E-state index in [4.69, 9.17) is 10.7 Å². The molecule has 0 aliphatic heterocycles. The SMILES string of the molecule is CC1CCCC(CNC(=O)Cc2ccc(S(=O)(=O)Cl)s2)C1. The van der Waals surface area contributed by atoms with Gasteiger partial charge in [-0.1, -0.05) is 19.8 Å². The Bertz CT molecular complexity index is 597. The van der Waals surface area contributed by atoms with Gasteiger partial charge >= 0.3 is 0 Å². The Labute approximate surface area is 134 Å². The number of rotatable bonds is 5. The Morgan fingerprint density at radius 2 is 2.19 bits per heavy atom. The van der Waals surface area contributed by atoms with E-state index in [1.54, 1.807) is 6.07 Å². The third kappa shape index (κ3) is 5.27. The van der Waals surface area contributed by atoms with Gasteiger partial charge in [-0.3, -0.25) is 4.79 Å². The highest BCUT2D eigenvalue weighted by Crippen LogP contribution is 2.28. The maximum Gasteiger partial charge on any atom is 0.270 e. The fourth-order valence-electron chi connectivity index (χ4n) is 2.81. The molecule has 1 fully saturated rings. The molecule has 7 heteroatoms. The lowest BCUT2D eigenvalue weighted by Crippen LogP contribution is -2.32. The van der Waals surface area contributed by atoms with Crippen LogP contribution >= 0.6 is 22.0 Å². The van der Waals surface area contributed by atoms with Crippen LogP contribution < -0.4 is 5.32 Å². The van der Waals surface area contributed by atoms with Crippen molar-refractivity contribution < 1.29 is 13.2 Å². The average molecular weight is 350 g/mol. The maximum atomic E-state index is 11.9. The van der Waals surface area contributed by atoms with E-state index < -0.39 is 9.05 Å². The minimum atomic E-state index is -3.69. The Morgan fingerprint density at radius 3 is 2.81 bits per heavy atom. The highest BCUT2D eigenvalue weighted by molar-refractivity contribution is 8.15. The van der Waals surface area contributed by atoms with E-state index in [0.29, 0.717) is 10.8 Å². The standard InChI is InChI=1S/C14H20ClNO3S2/c1-10-3-2-4-11(7-10)9-16-13(17)8-12-5-6-14(20-12)21(15,18)19/h5-6,10-11H,2-4,7-9H2,1H3,(H,16,17). The Hall–Kier alpha value is -0.590. The summed E-state index contributed by atoms with van der Waals surface area (Å²) in [5, 5.41) is 2.95. The summed E-state index contributed by atoms with van der Waals surface area (Å²) in [7, 11) is 1.57. The second-order valence-electron chi connectivity index (χ2n) is 5.78. The van der Waals surface area contributed by atoms with Crippen LogP contribution in [0.1, 0.15) is 37.5 Å². The number of thiophene rings is 1. The van der Waals surface area contributed by atoms with Crippen LogP contribution in [0.3, 0.4) is 0 Å². The molecule has 21 heavy (non-hydrogen) atoms. The fraction of sp³-hybridized carbons (Fsp3) is 0.643. The van der Waals surface area contributed by atoms with E-state index in [1.165, 1.54) is 31.7 Å². The van der Waals surface area contributed by atoms with Crippen molar-refractivity contribution in [3.8, 4) is 0 Å². The molecule has 1 aliphatic rings. The molecule has 2 atom stereocenters. The summed E-state index contributed by atoms with van der Waals surface area (Å²) in [6, 6.07) is 3.08. The van der Waals surface area contributed by atoms with Crippen molar-refractivity contribution in [3.05, 3.63) is 17.0 Å². The monoisotopic (exact) mass is 349 g/mol. The van der Waals surface area contributed by atoms with Crippen molar-refractivity contribution in [2.45, 2.75) is 43.2 Å². The van der Waals surface area contributed by atoms with Gasteiger partial charge in [0.1, 0.15) is 4.21 Å². The highest BCUT2D eigenvalue weighted by atomic mass is 35.7. The molecule has 118 valence electrons. The second-order valence-corrected chi connectivity index (χ2v) is 9.74. The van der Waals surface area contributed by atoms with Crippen LogP contribution in [0.4, 0.5) is 0 Å². The maximum absolute atomic E-state index is 11.9. The molecular weight excluding hydrogens is 330 g/mol. The minimum absolute atomic E-state index is 0.0615. The zero-order valence-electron chi connectivity index (χ0n) is 12.0. The van der Waals surface area contributed by atoms with E-state index >= 15 is 0 Å². The first kappa shape index (κ1) is 16.8. The minimum Gasteiger partial charge on any atom is -0.356 e. The lowest BCUT2D eigenvalue weighted by atomic mass is 9.82. The van der Waals surface area contributed by atoms with Crippen LogP contribution in [0.25, 0.3) is 0 Å². The number of amides is 1. The van der Waals surface area contributed by atoms with Gasteiger partial charge in [-0.15, -0.1) is 11.3 Å². The topological polar surface area (TPSA) is 63.2 Å². The van der Waals surface area contributed by atoms with Gasteiger partial charge in [0.2, 0.25) is 5.91 Å². The molecule has 1 amide bonds. The van der Waals surface area contributed by atoms with Gasteiger partial charge < -0.3 is 5.32 Å². The predicted molar refractivity (Wildman–Crippen MR) is 85.2 cm³/mol. The van der Waals surface area contributed by atoms with Crippen LogP contribution in [0.15, 0.2) is 16.3 Å². The first-order valence-electron chi connectivity index (χ1n) is 7.14. The van der Waals surface area contributed by atoms with Crippen LogP contribution in [-0.2, 0) is 20.3 Å². The van der Waals surface area contributed by atoms with E-state index in [1.807, 2.05) is 0 Å². The largest absolute Gasteiger partial charge is 0.356 e. The van der Waals surface area contributed by atoms with Gasteiger partial charge in [-0.25, -0.2) is 8.42 Å². The first-order chi connectivity index (χ1) is 9.84. The molecule has 0 aromatic carbocycles. The smallest absolute Gasteiger partial charge is 0.270 e. The zero-order chi connectivity index (χ0) is 15.5. The first-order valence-corrected chi connectivity index (χ1v) is 10.3. The molecule has 0 saturated heterocycles. The van der Waals surface area contributed by atoms with Crippen molar-refractivity contribution in [1.82, 2.24) is 5.32 Å². The number of carbonyl (C=O) groups excluding carboxylic acids is 1. The molecule has 0 spiro atoms. The third-order valence-corrected chi connectivity index (χ3v) is 7.02. The van der Waals surface area contributed by atoms with Crippen molar-refractivity contribution in [3.63, 3.8) is 0 Å². The molecule has 2 unspecified atom stereocenters. The molecule has 1 saturated carbocycles. The second kappa shape index (κ2) is 7.11. The van der Waals surface area contributed by atoms with E-state index in [2.05, 4.69) is 12.2 Å². The third-order valence-electron chi connectivity index (χ3n) is 3.84. The zero-order valence-corrected chi connectivity index (χ0v) is 14.4. The molecular formula is C14H20ClNO3S2. The molecule has 0 bridgehead atoms. The Morgan fingerprint density at radius 1 is 1.43 bits per heavy atom. The van der Waals surface area contributed by atoms with Gasteiger partial charge in [-0.05, 0) is 36.8 Å². The molecule has 1 N–H and O–H groups in total. The predicted octanol–water partition coefficient (Wildman–Crippen LogP) is 3.16. The van der Waals surface area contributed by atoms with E-state index in [0.717, 1.165) is 23.8 Å². The lowest BCUT2D eigenvalue weighted by Gasteiger charge is -2.26. The molecule has 0 radical (unpaired) electrons. The molecule has 1 heterocycles.